The third-order valence-electron chi connectivity index (χ3n) is 10.2. The summed E-state index contributed by atoms with van der Waals surface area (Å²) in [5.41, 5.74) is 9.68. The molecule has 0 radical (unpaired) electrons. The average molecular weight is 668 g/mol. The van der Waals surface area contributed by atoms with E-state index < -0.39 is 0 Å². The van der Waals surface area contributed by atoms with Gasteiger partial charge in [0.25, 0.3) is 0 Å². The molecule has 5 heteroatoms. The molecule has 0 saturated carbocycles. The second-order valence-electron chi connectivity index (χ2n) is 13.2. The summed E-state index contributed by atoms with van der Waals surface area (Å²) in [6.45, 7) is 0. The maximum Gasteiger partial charge on any atom is 0.177 e. The maximum absolute atomic E-state index is 6.35. The lowest BCUT2D eigenvalue weighted by Gasteiger charge is -2.10. The second kappa shape index (κ2) is 11.2. The summed E-state index contributed by atoms with van der Waals surface area (Å²) in [5.74, 6) is 2.13. The van der Waals surface area contributed by atoms with Crippen LogP contribution in [0.25, 0.3) is 88.2 Å². The number of benzene rings is 7. The Bertz CT molecular complexity index is 3150. The zero-order valence-corrected chi connectivity index (χ0v) is 27.9. The van der Waals surface area contributed by atoms with E-state index in [9.17, 15) is 0 Å². The number of ether oxygens (including phenoxy) is 1. The van der Waals surface area contributed by atoms with Gasteiger partial charge in [0.2, 0.25) is 0 Å². The van der Waals surface area contributed by atoms with Crippen LogP contribution in [-0.4, -0.2) is 14.1 Å². The van der Waals surface area contributed by atoms with E-state index in [-0.39, 0.29) is 0 Å². The first-order valence-electron chi connectivity index (χ1n) is 17.5. The number of fused-ring (bicyclic) bond motifs is 9. The Morgan fingerprint density at radius 2 is 1.04 bits per heavy atom. The standard InChI is InChI=1S/C47H29N3O2/c1-2-11-32(12-3-1)49-40-17-7-4-13-34(40)38-27-30(21-24-42(38)49)31-22-25-43-39(28-31)35-14-5-8-18-41(35)50(43)46-26-23-33(29-48-46)51-45-20-10-16-37-36-15-6-9-19-44(36)52-47(37)45/h1-29H. The van der Waals surface area contributed by atoms with Crippen LogP contribution in [0.5, 0.6) is 11.5 Å². The zero-order chi connectivity index (χ0) is 34.2. The predicted octanol–water partition coefficient (Wildman–Crippen LogP) is 12.6. The smallest absolute Gasteiger partial charge is 0.177 e. The molecule has 0 bridgehead atoms. The molecule has 0 aliphatic rings. The molecule has 11 rings (SSSR count). The molecule has 0 spiro atoms. The van der Waals surface area contributed by atoms with E-state index in [1.54, 1.807) is 6.20 Å². The molecule has 4 aromatic heterocycles. The molecule has 0 N–H and O–H groups in total. The fraction of sp³-hybridized carbons (Fsp3) is 0. The number of aromatic nitrogens is 3. The lowest BCUT2D eigenvalue weighted by Crippen LogP contribution is -1.97. The minimum Gasteiger partial charge on any atom is -0.452 e. The Kier molecular flexibility index (Phi) is 6.18. The van der Waals surface area contributed by atoms with E-state index in [2.05, 4.69) is 137 Å². The minimum atomic E-state index is 0.642. The lowest BCUT2D eigenvalue weighted by molar-refractivity contribution is 0.474. The zero-order valence-electron chi connectivity index (χ0n) is 27.9. The number of para-hydroxylation sites is 5. The van der Waals surface area contributed by atoms with Gasteiger partial charge >= 0.3 is 0 Å². The molecule has 4 heterocycles. The molecule has 0 atom stereocenters. The van der Waals surface area contributed by atoms with Crippen molar-refractivity contribution >= 4 is 65.6 Å². The molecule has 244 valence electrons. The first kappa shape index (κ1) is 28.7. The van der Waals surface area contributed by atoms with Crippen molar-refractivity contribution in [2.24, 2.45) is 0 Å². The monoisotopic (exact) mass is 667 g/mol. The van der Waals surface area contributed by atoms with Gasteiger partial charge in [-0.3, -0.25) is 4.57 Å². The van der Waals surface area contributed by atoms with Crippen molar-refractivity contribution in [3.63, 3.8) is 0 Å². The number of pyridine rings is 1. The van der Waals surface area contributed by atoms with Crippen molar-refractivity contribution in [2.45, 2.75) is 0 Å². The van der Waals surface area contributed by atoms with E-state index in [0.717, 1.165) is 44.5 Å². The molecule has 5 nitrogen and oxygen atoms in total. The van der Waals surface area contributed by atoms with E-state index in [1.165, 1.54) is 43.7 Å². The van der Waals surface area contributed by atoms with Gasteiger partial charge in [0.1, 0.15) is 17.2 Å². The van der Waals surface area contributed by atoms with Crippen LogP contribution in [0.15, 0.2) is 180 Å². The Morgan fingerprint density at radius 1 is 0.442 bits per heavy atom. The number of nitrogens with zero attached hydrogens (tertiary/aromatic N) is 3. The van der Waals surface area contributed by atoms with E-state index in [4.69, 9.17) is 14.1 Å². The van der Waals surface area contributed by atoms with Crippen LogP contribution in [0.1, 0.15) is 0 Å². The minimum absolute atomic E-state index is 0.642. The number of hydrogen-bond acceptors (Lipinski definition) is 3. The molecule has 0 saturated heterocycles. The van der Waals surface area contributed by atoms with Crippen molar-refractivity contribution in [2.75, 3.05) is 0 Å². The highest BCUT2D eigenvalue weighted by Crippen LogP contribution is 2.39. The Morgan fingerprint density at radius 3 is 1.75 bits per heavy atom. The molecule has 0 unspecified atom stereocenters. The third kappa shape index (κ3) is 4.33. The van der Waals surface area contributed by atoms with Crippen molar-refractivity contribution < 1.29 is 9.15 Å². The van der Waals surface area contributed by atoms with Crippen molar-refractivity contribution in [3.05, 3.63) is 176 Å². The molecule has 0 fully saturated rings. The van der Waals surface area contributed by atoms with E-state index in [1.807, 2.05) is 42.5 Å². The summed E-state index contributed by atoms with van der Waals surface area (Å²) >= 11 is 0. The number of hydrogen-bond donors (Lipinski definition) is 0. The molecule has 0 amide bonds. The highest BCUT2D eigenvalue weighted by molar-refractivity contribution is 6.12. The van der Waals surface area contributed by atoms with Crippen LogP contribution in [0.4, 0.5) is 0 Å². The highest BCUT2D eigenvalue weighted by Gasteiger charge is 2.17. The van der Waals surface area contributed by atoms with Crippen LogP contribution in [0, 0.1) is 0 Å². The van der Waals surface area contributed by atoms with Gasteiger partial charge in [-0.15, -0.1) is 0 Å². The Labute approximate surface area is 298 Å². The van der Waals surface area contributed by atoms with Gasteiger partial charge in [0.15, 0.2) is 11.3 Å². The molecule has 0 aliphatic heterocycles. The molecule has 11 aromatic rings. The third-order valence-corrected chi connectivity index (χ3v) is 10.2. The summed E-state index contributed by atoms with van der Waals surface area (Å²) in [6, 6.07) is 59.4. The number of furan rings is 1. The summed E-state index contributed by atoms with van der Waals surface area (Å²) in [6.07, 6.45) is 1.78. The van der Waals surface area contributed by atoms with E-state index in [0.29, 0.717) is 11.5 Å². The number of rotatable bonds is 5. The van der Waals surface area contributed by atoms with Gasteiger partial charge < -0.3 is 13.7 Å². The van der Waals surface area contributed by atoms with Crippen LogP contribution in [0.3, 0.4) is 0 Å². The highest BCUT2D eigenvalue weighted by atomic mass is 16.5. The van der Waals surface area contributed by atoms with Crippen LogP contribution < -0.4 is 4.74 Å². The predicted molar refractivity (Wildman–Crippen MR) is 212 cm³/mol. The van der Waals surface area contributed by atoms with Gasteiger partial charge in [-0.05, 0) is 83.9 Å². The molecular formula is C47H29N3O2. The van der Waals surface area contributed by atoms with Gasteiger partial charge in [-0.1, -0.05) is 97.1 Å². The van der Waals surface area contributed by atoms with Crippen LogP contribution in [0.2, 0.25) is 0 Å². The lowest BCUT2D eigenvalue weighted by atomic mass is 10.0. The summed E-state index contributed by atoms with van der Waals surface area (Å²) in [7, 11) is 0. The largest absolute Gasteiger partial charge is 0.452 e. The molecule has 7 aromatic carbocycles. The summed E-state index contributed by atoms with van der Waals surface area (Å²) in [5, 5.41) is 6.94. The maximum atomic E-state index is 6.35. The van der Waals surface area contributed by atoms with Gasteiger partial charge in [-0.2, -0.15) is 0 Å². The topological polar surface area (TPSA) is 45.1 Å². The summed E-state index contributed by atoms with van der Waals surface area (Å²) < 4.78 is 17.1. The Balaban J connectivity index is 0.991. The van der Waals surface area contributed by atoms with Crippen LogP contribution >= 0.6 is 0 Å². The molecule has 0 aliphatic carbocycles. The summed E-state index contributed by atoms with van der Waals surface area (Å²) in [4.78, 5) is 4.92. The Hall–Kier alpha value is -7.11. The van der Waals surface area contributed by atoms with Crippen LogP contribution in [-0.2, 0) is 0 Å². The first-order chi connectivity index (χ1) is 25.8. The van der Waals surface area contributed by atoms with Gasteiger partial charge in [-0.25, -0.2) is 4.98 Å². The fourth-order valence-corrected chi connectivity index (χ4v) is 7.90. The van der Waals surface area contributed by atoms with E-state index >= 15 is 0 Å². The average Bonchev–Trinajstić information content (AvgIpc) is 3.86. The van der Waals surface area contributed by atoms with Crippen molar-refractivity contribution in [3.8, 4) is 34.1 Å². The SMILES string of the molecule is c1ccc(-n2c3ccccc3c3cc(-c4ccc5c(c4)c4ccccc4n5-c4ccc(Oc5cccc6c5oc5ccccc56)cn4)ccc32)cc1. The van der Waals surface area contributed by atoms with Gasteiger partial charge in [0, 0.05) is 38.0 Å². The van der Waals surface area contributed by atoms with Gasteiger partial charge in [0.05, 0.1) is 28.3 Å². The fourth-order valence-electron chi connectivity index (χ4n) is 7.90. The quantitative estimate of drug-likeness (QED) is 0.183. The first-order valence-corrected chi connectivity index (χ1v) is 17.5. The van der Waals surface area contributed by atoms with Crippen molar-refractivity contribution in [1.29, 1.82) is 0 Å². The normalized spacial score (nSPS) is 11.8. The second-order valence-corrected chi connectivity index (χ2v) is 13.2. The van der Waals surface area contributed by atoms with Crippen molar-refractivity contribution in [1.82, 2.24) is 14.1 Å². The molecular weight excluding hydrogens is 639 g/mol. The molecule has 52 heavy (non-hydrogen) atoms.